The predicted octanol–water partition coefficient (Wildman–Crippen LogP) is 2.76. The van der Waals surface area contributed by atoms with E-state index in [-0.39, 0.29) is 5.91 Å². The second kappa shape index (κ2) is 8.97. The van der Waals surface area contributed by atoms with Crippen LogP contribution in [-0.2, 0) is 21.2 Å². The Hall–Kier alpha value is -2.44. The van der Waals surface area contributed by atoms with Crippen LogP contribution in [0.5, 0.6) is 0 Å². The Morgan fingerprint density at radius 3 is 2.11 bits per heavy atom. The van der Waals surface area contributed by atoms with E-state index in [2.05, 4.69) is 0 Å². The third-order valence-corrected chi connectivity index (χ3v) is 6.22. The van der Waals surface area contributed by atoms with E-state index in [0.717, 1.165) is 11.1 Å². The first-order valence-electron chi connectivity index (χ1n) is 9.09. The van der Waals surface area contributed by atoms with E-state index in [1.54, 1.807) is 11.0 Å². The Morgan fingerprint density at radius 2 is 1.48 bits per heavy atom. The number of rotatable bonds is 6. The van der Waals surface area contributed by atoms with Crippen LogP contribution in [0, 0.1) is 0 Å². The van der Waals surface area contributed by atoms with Gasteiger partial charge >= 0.3 is 0 Å². The van der Waals surface area contributed by atoms with E-state index in [1.807, 2.05) is 60.7 Å². The van der Waals surface area contributed by atoms with Crippen LogP contribution in [0.4, 0.5) is 0 Å². The minimum absolute atomic E-state index is 0.0794. The summed E-state index contributed by atoms with van der Waals surface area (Å²) in [6, 6.07) is 19.2. The highest BCUT2D eigenvalue weighted by atomic mass is 32.2. The zero-order valence-electron chi connectivity index (χ0n) is 15.2. The number of nitrogens with zero attached hydrogens (tertiary/aromatic N) is 2. The highest BCUT2D eigenvalue weighted by Crippen LogP contribution is 2.13. The number of hydrogen-bond acceptors (Lipinski definition) is 3. The Bertz CT molecular complexity index is 872. The van der Waals surface area contributed by atoms with Gasteiger partial charge in [-0.1, -0.05) is 60.7 Å². The number of amides is 1. The Kier molecular flexibility index (Phi) is 6.42. The van der Waals surface area contributed by atoms with Crippen LogP contribution >= 0.6 is 0 Å². The van der Waals surface area contributed by atoms with Gasteiger partial charge in [0.25, 0.3) is 0 Å². The fourth-order valence-corrected chi connectivity index (χ4v) is 4.23. The summed E-state index contributed by atoms with van der Waals surface area (Å²) in [6.45, 7) is 1.54. The average molecular weight is 385 g/mol. The molecule has 0 N–H and O–H groups in total. The molecular formula is C21H24N2O3S. The van der Waals surface area contributed by atoms with Crippen molar-refractivity contribution in [3.8, 4) is 0 Å². The molecular weight excluding hydrogens is 360 g/mol. The van der Waals surface area contributed by atoms with Crippen LogP contribution in [0.25, 0.3) is 6.08 Å². The number of benzene rings is 2. The smallest absolute Gasteiger partial charge is 0.236 e. The third kappa shape index (κ3) is 5.52. The summed E-state index contributed by atoms with van der Waals surface area (Å²) in [5.41, 5.74) is 1.98. The monoisotopic (exact) mass is 384 g/mol. The lowest BCUT2D eigenvalue weighted by Gasteiger charge is -2.33. The quantitative estimate of drug-likeness (QED) is 0.770. The lowest BCUT2D eigenvalue weighted by atomic mass is 10.1. The lowest BCUT2D eigenvalue weighted by molar-refractivity contribution is -0.132. The summed E-state index contributed by atoms with van der Waals surface area (Å²) >= 11 is 0. The van der Waals surface area contributed by atoms with E-state index < -0.39 is 10.0 Å². The molecule has 6 heteroatoms. The minimum Gasteiger partial charge on any atom is -0.340 e. The van der Waals surface area contributed by atoms with Crippen molar-refractivity contribution in [2.24, 2.45) is 0 Å². The second-order valence-electron chi connectivity index (χ2n) is 6.52. The van der Waals surface area contributed by atoms with Gasteiger partial charge in [0.15, 0.2) is 0 Å². The first kappa shape index (κ1) is 19.3. The van der Waals surface area contributed by atoms with Crippen molar-refractivity contribution in [3.63, 3.8) is 0 Å². The van der Waals surface area contributed by atoms with Gasteiger partial charge in [-0.15, -0.1) is 0 Å². The maximum atomic E-state index is 12.5. The van der Waals surface area contributed by atoms with Gasteiger partial charge in [-0.05, 0) is 23.6 Å². The largest absolute Gasteiger partial charge is 0.340 e. The molecule has 0 aliphatic carbocycles. The minimum atomic E-state index is -3.47. The predicted molar refractivity (Wildman–Crippen MR) is 107 cm³/mol. The molecule has 0 unspecified atom stereocenters. The molecule has 1 amide bonds. The fourth-order valence-electron chi connectivity index (χ4n) is 3.06. The van der Waals surface area contributed by atoms with Gasteiger partial charge in [0, 0.05) is 38.0 Å². The number of sulfonamides is 1. The van der Waals surface area contributed by atoms with Crippen molar-refractivity contribution in [2.75, 3.05) is 26.2 Å². The van der Waals surface area contributed by atoms with Crippen LogP contribution < -0.4 is 0 Å². The highest BCUT2D eigenvalue weighted by Gasteiger charge is 2.27. The third-order valence-electron chi connectivity index (χ3n) is 4.65. The molecule has 0 saturated carbocycles. The molecule has 0 bridgehead atoms. The summed E-state index contributed by atoms with van der Waals surface area (Å²) in [7, 11) is -3.47. The van der Waals surface area contributed by atoms with Crippen LogP contribution in [0.1, 0.15) is 17.5 Å². The molecule has 0 spiro atoms. The summed E-state index contributed by atoms with van der Waals surface area (Å²) in [4.78, 5) is 14.1. The first-order valence-corrected chi connectivity index (χ1v) is 10.6. The Morgan fingerprint density at radius 1 is 0.889 bits per heavy atom. The number of hydrogen-bond donors (Lipinski definition) is 0. The second-order valence-corrected chi connectivity index (χ2v) is 8.34. The molecule has 5 nitrogen and oxygen atoms in total. The van der Waals surface area contributed by atoms with Crippen molar-refractivity contribution in [1.82, 2.24) is 9.21 Å². The lowest BCUT2D eigenvalue weighted by Crippen LogP contribution is -2.50. The molecule has 1 saturated heterocycles. The maximum absolute atomic E-state index is 12.5. The normalized spacial score (nSPS) is 15.9. The fraction of sp³-hybridized carbons (Fsp3) is 0.286. The van der Waals surface area contributed by atoms with Gasteiger partial charge in [0.2, 0.25) is 15.9 Å². The van der Waals surface area contributed by atoms with Crippen molar-refractivity contribution in [3.05, 3.63) is 77.2 Å². The van der Waals surface area contributed by atoms with Crippen LogP contribution in [0.3, 0.4) is 0 Å². The van der Waals surface area contributed by atoms with Gasteiger partial charge in [0.1, 0.15) is 0 Å². The Labute approximate surface area is 161 Å². The molecule has 0 aromatic heterocycles. The summed E-state index contributed by atoms with van der Waals surface area (Å²) in [5.74, 6) is 0.0794. The molecule has 1 fully saturated rings. The van der Waals surface area contributed by atoms with Crippen molar-refractivity contribution < 1.29 is 13.2 Å². The van der Waals surface area contributed by atoms with E-state index in [1.165, 1.54) is 9.71 Å². The molecule has 3 rings (SSSR count). The van der Waals surface area contributed by atoms with E-state index in [9.17, 15) is 13.2 Å². The summed E-state index contributed by atoms with van der Waals surface area (Å²) < 4.78 is 26.4. The number of aryl methyl sites for hydroxylation is 1. The van der Waals surface area contributed by atoms with Gasteiger partial charge in [-0.2, -0.15) is 4.31 Å². The molecule has 0 radical (unpaired) electrons. The van der Waals surface area contributed by atoms with Crippen LogP contribution in [0.2, 0.25) is 0 Å². The van der Waals surface area contributed by atoms with E-state index >= 15 is 0 Å². The SMILES string of the molecule is O=C(CCc1ccccc1)N1CCN(S(=O)(=O)/C=C/c2ccccc2)CC1. The van der Waals surface area contributed by atoms with Crippen LogP contribution in [0.15, 0.2) is 66.1 Å². The molecule has 27 heavy (non-hydrogen) atoms. The Balaban J connectivity index is 1.50. The van der Waals surface area contributed by atoms with E-state index in [0.29, 0.717) is 39.0 Å². The molecule has 1 heterocycles. The van der Waals surface area contributed by atoms with E-state index in [4.69, 9.17) is 0 Å². The summed E-state index contributed by atoms with van der Waals surface area (Å²) in [5, 5.41) is 1.25. The average Bonchev–Trinajstić information content (AvgIpc) is 2.72. The first-order chi connectivity index (χ1) is 13.0. The van der Waals surface area contributed by atoms with Crippen molar-refractivity contribution in [1.29, 1.82) is 0 Å². The van der Waals surface area contributed by atoms with Gasteiger partial charge in [-0.25, -0.2) is 8.42 Å². The van der Waals surface area contributed by atoms with Gasteiger partial charge < -0.3 is 4.90 Å². The van der Waals surface area contributed by atoms with Gasteiger partial charge in [0.05, 0.1) is 0 Å². The van der Waals surface area contributed by atoms with Crippen molar-refractivity contribution in [2.45, 2.75) is 12.8 Å². The standard InChI is InChI=1S/C21H24N2O3S/c24-21(12-11-19-7-3-1-4-8-19)22-14-16-23(17-15-22)27(25,26)18-13-20-9-5-2-6-10-20/h1-10,13,18H,11-12,14-17H2/b18-13+. The van der Waals surface area contributed by atoms with Crippen LogP contribution in [-0.4, -0.2) is 49.7 Å². The number of piperazine rings is 1. The highest BCUT2D eigenvalue weighted by molar-refractivity contribution is 7.92. The topological polar surface area (TPSA) is 57.7 Å². The zero-order valence-corrected chi connectivity index (χ0v) is 16.0. The van der Waals surface area contributed by atoms with Crippen molar-refractivity contribution >= 4 is 22.0 Å². The zero-order chi connectivity index (χ0) is 19.1. The maximum Gasteiger partial charge on any atom is 0.236 e. The molecule has 142 valence electrons. The molecule has 0 atom stereocenters. The number of carbonyl (C=O) groups is 1. The van der Waals surface area contributed by atoms with Gasteiger partial charge in [-0.3, -0.25) is 4.79 Å². The molecule has 1 aliphatic rings. The molecule has 2 aromatic rings. The molecule has 1 aliphatic heterocycles. The number of carbonyl (C=O) groups excluding carboxylic acids is 1. The molecule has 2 aromatic carbocycles. The summed E-state index contributed by atoms with van der Waals surface area (Å²) in [6.07, 6.45) is 2.76.